The Morgan fingerprint density at radius 1 is 1.00 bits per heavy atom. The molecule has 0 amide bonds. The van der Waals surface area contributed by atoms with E-state index in [9.17, 15) is 0 Å². The normalized spacial score (nSPS) is 8.25. The van der Waals surface area contributed by atoms with Gasteiger partial charge in [0, 0.05) is 26.2 Å². The first-order valence-corrected chi connectivity index (χ1v) is 2.52. The summed E-state index contributed by atoms with van der Waals surface area (Å²) in [5.41, 5.74) is 10.3. The highest BCUT2D eigenvalue weighted by Gasteiger charge is 1.76. The van der Waals surface area contributed by atoms with Gasteiger partial charge in [0.15, 0.2) is 0 Å². The predicted molar refractivity (Wildman–Crippen MR) is 40.9 cm³/mol. The van der Waals surface area contributed by atoms with Crippen LogP contribution in [0.15, 0.2) is 0 Å². The molecule has 0 heterocycles. The third kappa shape index (κ3) is 9.34. The van der Waals surface area contributed by atoms with Gasteiger partial charge in [-0.2, -0.15) is 0 Å². The second-order valence-electron chi connectivity index (χ2n) is 1.33. The molecule has 0 aliphatic rings. The molecular weight excluding hydrogens is 101 g/mol. The van der Waals surface area contributed by atoms with Crippen molar-refractivity contribution in [1.82, 2.24) is 5.32 Å². The van der Waals surface area contributed by atoms with Crippen LogP contribution in [0.2, 0.25) is 0 Å². The van der Waals surface area contributed by atoms with E-state index >= 15 is 0 Å². The third-order valence-electron chi connectivity index (χ3n) is 0.642. The summed E-state index contributed by atoms with van der Waals surface area (Å²) in [5.74, 6) is 0. The monoisotopic (exact) mass is 117 g/mol. The average molecular weight is 117 g/mol. The molecule has 0 bridgehead atoms. The molecule has 0 atom stereocenters. The van der Waals surface area contributed by atoms with Crippen LogP contribution < -0.4 is 16.8 Å². The molecule has 0 spiro atoms. The Morgan fingerprint density at radius 3 is 1.62 bits per heavy atom. The largest absolute Gasteiger partial charge is 0.329 e. The van der Waals surface area contributed by atoms with E-state index in [1.54, 1.807) is 0 Å². The summed E-state index contributed by atoms with van der Waals surface area (Å²) in [6.07, 6.45) is 0. The van der Waals surface area contributed by atoms with Crippen LogP contribution in [0.25, 0.3) is 0 Å². The van der Waals surface area contributed by atoms with Crippen LogP contribution in [0, 0.1) is 0 Å². The van der Waals surface area contributed by atoms with Gasteiger partial charge in [-0.05, 0) is 0 Å². The zero-order valence-corrected chi connectivity index (χ0v) is 4.48. The fourth-order valence-corrected chi connectivity index (χ4v) is 0.329. The maximum atomic E-state index is 5.17. The molecule has 0 fully saturated rings. The van der Waals surface area contributed by atoms with Gasteiger partial charge in [-0.25, -0.2) is 0 Å². The summed E-state index contributed by atoms with van der Waals surface area (Å²) in [6.45, 7) is 3.13. The lowest BCUT2D eigenvalue weighted by Crippen LogP contribution is -2.27. The maximum Gasteiger partial charge on any atom is 0.0814 e. The van der Waals surface area contributed by atoms with E-state index in [2.05, 4.69) is 5.32 Å². The highest BCUT2D eigenvalue weighted by atomic mass is 14.9. The van der Waals surface area contributed by atoms with E-state index in [0.717, 1.165) is 13.1 Å². The van der Waals surface area contributed by atoms with Crippen molar-refractivity contribution >= 4 is 8.41 Å². The van der Waals surface area contributed by atoms with Crippen molar-refractivity contribution in [3.8, 4) is 0 Å². The van der Waals surface area contributed by atoms with Gasteiger partial charge >= 0.3 is 0 Å². The molecule has 0 radical (unpaired) electrons. The lowest BCUT2D eigenvalue weighted by molar-refractivity contribution is 0.696. The van der Waals surface area contributed by atoms with E-state index in [0.29, 0.717) is 13.1 Å². The Morgan fingerprint density at radius 2 is 1.38 bits per heavy atom. The summed E-state index contributed by atoms with van der Waals surface area (Å²) < 4.78 is 0. The molecule has 0 aromatic heterocycles. The van der Waals surface area contributed by atoms with Crippen LogP contribution in [0.1, 0.15) is 0 Å². The topological polar surface area (TPSA) is 64.1 Å². The minimum absolute atomic E-state index is 0. The molecule has 0 unspecified atom stereocenters. The second-order valence-corrected chi connectivity index (χ2v) is 1.33. The highest BCUT2D eigenvalue weighted by molar-refractivity contribution is 5.75. The number of nitrogens with two attached hydrogens (primary N) is 2. The quantitative estimate of drug-likeness (QED) is 0.277. The van der Waals surface area contributed by atoms with Crippen LogP contribution in [0.3, 0.4) is 0 Å². The molecule has 0 saturated heterocycles. The van der Waals surface area contributed by atoms with Crippen LogP contribution in [0.4, 0.5) is 0 Å². The first kappa shape index (κ1) is 10.8. The molecule has 8 heavy (non-hydrogen) atoms. The Labute approximate surface area is 52.4 Å². The summed E-state index contributed by atoms with van der Waals surface area (Å²) >= 11 is 0. The molecule has 50 valence electrons. The van der Waals surface area contributed by atoms with Gasteiger partial charge in [0.1, 0.15) is 0 Å². The summed E-state index contributed by atoms with van der Waals surface area (Å²) in [4.78, 5) is 0. The van der Waals surface area contributed by atoms with Gasteiger partial charge in [-0.15, -0.1) is 0 Å². The van der Waals surface area contributed by atoms with Gasteiger partial charge in [-0.3, -0.25) is 0 Å². The van der Waals surface area contributed by atoms with Crippen molar-refractivity contribution in [3.63, 3.8) is 0 Å². The molecule has 0 aromatic rings. The standard InChI is InChI=1S/C4H13N3.BH3/c5-1-3-7-4-2-6;/h7H,1-6H2;1H3. The van der Waals surface area contributed by atoms with Crippen molar-refractivity contribution in [1.29, 1.82) is 0 Å². The Bertz CT molecular complexity index is 30.5. The molecule has 4 heteroatoms. The zero-order valence-electron chi connectivity index (χ0n) is 4.48. The van der Waals surface area contributed by atoms with Gasteiger partial charge in [-0.1, -0.05) is 0 Å². The van der Waals surface area contributed by atoms with E-state index in [1.165, 1.54) is 0 Å². The Hall–Kier alpha value is -0.0551. The van der Waals surface area contributed by atoms with E-state index in [4.69, 9.17) is 11.5 Å². The van der Waals surface area contributed by atoms with Crippen molar-refractivity contribution in [2.75, 3.05) is 26.2 Å². The van der Waals surface area contributed by atoms with Crippen LogP contribution >= 0.6 is 0 Å². The fraction of sp³-hybridized carbons (Fsp3) is 1.00. The molecule has 0 aliphatic carbocycles. The molecule has 0 aliphatic heterocycles. The van der Waals surface area contributed by atoms with Gasteiger partial charge in [0.25, 0.3) is 0 Å². The van der Waals surface area contributed by atoms with Crippen molar-refractivity contribution in [2.24, 2.45) is 11.5 Å². The summed E-state index contributed by atoms with van der Waals surface area (Å²) in [7, 11) is 0. The molecule has 0 aromatic carbocycles. The number of nitrogens with one attached hydrogen (secondary N) is 1. The highest BCUT2D eigenvalue weighted by Crippen LogP contribution is 1.49. The van der Waals surface area contributed by atoms with Crippen LogP contribution in [0.5, 0.6) is 0 Å². The number of hydrogen-bond donors (Lipinski definition) is 3. The molecule has 3 nitrogen and oxygen atoms in total. The van der Waals surface area contributed by atoms with Crippen molar-refractivity contribution in [2.45, 2.75) is 0 Å². The van der Waals surface area contributed by atoms with Gasteiger partial charge in [0.2, 0.25) is 0 Å². The number of rotatable bonds is 4. The molecular formula is C4H16BN3. The average Bonchev–Trinajstić information content (AvgIpc) is 1.69. The van der Waals surface area contributed by atoms with Crippen LogP contribution in [-0.2, 0) is 0 Å². The number of hydrogen-bond acceptors (Lipinski definition) is 3. The maximum absolute atomic E-state index is 5.17. The lowest BCUT2D eigenvalue weighted by atomic mass is 10.6. The van der Waals surface area contributed by atoms with E-state index in [1.807, 2.05) is 0 Å². The van der Waals surface area contributed by atoms with Crippen molar-refractivity contribution < 1.29 is 0 Å². The Balaban J connectivity index is 0. The minimum Gasteiger partial charge on any atom is -0.329 e. The smallest absolute Gasteiger partial charge is 0.0814 e. The lowest BCUT2D eigenvalue weighted by Gasteiger charge is -1.95. The zero-order chi connectivity index (χ0) is 5.54. The molecule has 0 rings (SSSR count). The first-order valence-electron chi connectivity index (χ1n) is 2.52. The Kier molecular flexibility index (Phi) is 13.6. The second kappa shape index (κ2) is 10.0. The fourth-order valence-electron chi connectivity index (χ4n) is 0.329. The van der Waals surface area contributed by atoms with Gasteiger partial charge in [0.05, 0.1) is 8.41 Å². The van der Waals surface area contributed by atoms with Gasteiger partial charge < -0.3 is 16.8 Å². The predicted octanol–water partition coefficient (Wildman–Crippen LogP) is -2.69. The SMILES string of the molecule is B.NCCNCCN. The summed E-state index contributed by atoms with van der Waals surface area (Å²) in [5, 5.41) is 3.03. The van der Waals surface area contributed by atoms with Crippen LogP contribution in [-0.4, -0.2) is 34.6 Å². The van der Waals surface area contributed by atoms with E-state index < -0.39 is 0 Å². The van der Waals surface area contributed by atoms with Crippen molar-refractivity contribution in [3.05, 3.63) is 0 Å². The third-order valence-corrected chi connectivity index (χ3v) is 0.642. The first-order chi connectivity index (χ1) is 3.41. The molecule has 5 N–H and O–H groups in total. The van der Waals surface area contributed by atoms with E-state index in [-0.39, 0.29) is 8.41 Å². The summed E-state index contributed by atoms with van der Waals surface area (Å²) in [6, 6.07) is 0. The molecule has 0 saturated carbocycles. The minimum atomic E-state index is 0.